The summed E-state index contributed by atoms with van der Waals surface area (Å²) >= 11 is 35.2. The van der Waals surface area contributed by atoms with E-state index < -0.39 is 0 Å². The highest BCUT2D eigenvalue weighted by Crippen LogP contribution is 2.23. The number of halogens is 6. The van der Waals surface area contributed by atoms with Crippen molar-refractivity contribution in [3.8, 4) is 0 Å². The summed E-state index contributed by atoms with van der Waals surface area (Å²) in [4.78, 5) is 87.0. The van der Waals surface area contributed by atoms with Crippen molar-refractivity contribution in [2.75, 3.05) is 220 Å². The molecule has 3 fully saturated rings. The SMILES string of the molecule is O=C(CCCN1CCOCC1)Nc1ccc(NC(=O)Cc2ccc(N(CCCl)CCCl)cc2)cc1.O=C(CCN1CCOCC1)Nc1ccc(NC(=O)Cc2ccc(N(CCCl)CCCl)cc2)cc1.O=C(Cc1ccc(N(CCCl)CCCl)cc1)Nc1ccc(NC(=O)CN2CCOCC2)cc1. The molecule has 0 radical (unpaired) electrons. The van der Waals surface area contributed by atoms with Crippen molar-refractivity contribution in [2.24, 2.45) is 0 Å². The average Bonchev–Trinajstić information content (AvgIpc) is 0.891. The number of benzene rings is 6. The van der Waals surface area contributed by atoms with E-state index in [1.807, 2.05) is 72.8 Å². The van der Waals surface area contributed by atoms with Crippen molar-refractivity contribution in [3.05, 3.63) is 162 Å². The molecule has 0 aliphatic carbocycles. The monoisotopic (exact) mass is 1520 g/mol. The highest BCUT2D eigenvalue weighted by atomic mass is 35.5. The minimum absolute atomic E-state index is 0.00541. The molecular formula is C75H96Cl6N12O9. The van der Waals surface area contributed by atoms with E-state index >= 15 is 0 Å². The Morgan fingerprint density at radius 2 is 0.549 bits per heavy atom. The highest BCUT2D eigenvalue weighted by Gasteiger charge is 2.18. The Kier molecular flexibility index (Phi) is 38.3. The van der Waals surface area contributed by atoms with Gasteiger partial charge in [0, 0.05) is 184 Å². The lowest BCUT2D eigenvalue weighted by Gasteiger charge is -2.26. The molecule has 0 aromatic heterocycles. The number of rotatable bonds is 36. The number of carbonyl (C=O) groups excluding carboxylic acids is 6. The number of carbonyl (C=O) groups is 6. The standard InChI is InChI=1S/C26H34Cl2N4O3.C25H32Cl2N4O3.C24H30Cl2N4O3/c27-11-14-32(15-12-28)24-9-3-21(4-10-24)20-26(34)30-23-7-5-22(6-8-23)29-25(33)2-1-13-31-16-18-35-19-17-31;26-10-13-31(14-11-27)23-7-1-20(2-8-23)19-25(33)29-22-5-3-21(4-6-22)28-24(32)9-12-30-15-17-34-18-16-30;25-9-11-30(12-10-26)22-7-1-19(2-8-22)17-23(31)27-20-3-5-21(6-4-20)28-24(32)18-29-13-15-33-16-14-29/h3-10H,1-2,11-20H2,(H,29,33)(H,30,34);1-8H,9-19H2,(H,28,32)(H,29,33);1-8H,9-18H2,(H,27,31)(H,28,32). The van der Waals surface area contributed by atoms with Crippen LogP contribution in [0.2, 0.25) is 0 Å². The number of ether oxygens (including phenoxy) is 3. The molecule has 3 heterocycles. The fourth-order valence-corrected chi connectivity index (χ4v) is 12.5. The Hall–Kier alpha value is -6.96. The lowest BCUT2D eigenvalue weighted by atomic mass is 10.1. The molecule has 3 aliphatic heterocycles. The second-order valence-electron chi connectivity index (χ2n) is 24.3. The summed E-state index contributed by atoms with van der Waals surface area (Å²) < 4.78 is 16.0. The van der Waals surface area contributed by atoms with E-state index in [1.54, 1.807) is 72.8 Å². The largest absolute Gasteiger partial charge is 0.379 e. The number of nitrogens with zero attached hydrogens (tertiary/aromatic N) is 6. The number of alkyl halides is 6. The van der Waals surface area contributed by atoms with E-state index in [2.05, 4.69) is 61.3 Å². The van der Waals surface area contributed by atoms with Gasteiger partial charge in [0.1, 0.15) is 0 Å². The molecule has 0 saturated carbocycles. The van der Waals surface area contributed by atoms with Crippen molar-refractivity contribution < 1.29 is 43.0 Å². The summed E-state index contributed by atoms with van der Waals surface area (Å²) in [5.41, 5.74) is 10.0. The summed E-state index contributed by atoms with van der Waals surface area (Å²) in [7, 11) is 0. The van der Waals surface area contributed by atoms with Crippen molar-refractivity contribution >= 4 is 156 Å². The number of anilines is 9. The normalized spacial score (nSPS) is 13.9. The third-order valence-electron chi connectivity index (χ3n) is 16.7. The Bertz CT molecular complexity index is 3410. The third kappa shape index (κ3) is 31.6. The quantitative estimate of drug-likeness (QED) is 0.0201. The fraction of sp³-hybridized carbons (Fsp3) is 0.440. The second-order valence-corrected chi connectivity index (χ2v) is 26.6. The van der Waals surface area contributed by atoms with Gasteiger partial charge in [0.15, 0.2) is 0 Å². The fourth-order valence-electron chi connectivity index (χ4n) is 11.3. The van der Waals surface area contributed by atoms with Gasteiger partial charge in [-0.1, -0.05) is 36.4 Å². The molecule has 27 heteroatoms. The molecule has 6 aromatic rings. The maximum atomic E-state index is 12.5. The summed E-state index contributed by atoms with van der Waals surface area (Å²) in [5.74, 6) is 2.75. The number of amides is 6. The van der Waals surface area contributed by atoms with Crippen LogP contribution >= 0.6 is 69.6 Å². The molecule has 102 heavy (non-hydrogen) atoms. The van der Waals surface area contributed by atoms with Crippen molar-refractivity contribution in [2.45, 2.75) is 38.5 Å². The molecule has 9 rings (SSSR count). The Morgan fingerprint density at radius 1 is 0.304 bits per heavy atom. The number of morpholine rings is 3. The van der Waals surface area contributed by atoms with Gasteiger partial charge in [-0.15, -0.1) is 69.6 Å². The van der Waals surface area contributed by atoms with Gasteiger partial charge >= 0.3 is 0 Å². The van der Waals surface area contributed by atoms with Crippen LogP contribution in [0.15, 0.2) is 146 Å². The molecule has 0 spiro atoms. The first kappa shape index (κ1) is 82.3. The Labute approximate surface area is 630 Å². The second kappa shape index (κ2) is 47.4. The van der Waals surface area contributed by atoms with Crippen LogP contribution in [-0.2, 0) is 62.2 Å². The van der Waals surface area contributed by atoms with Gasteiger partial charge in [-0.3, -0.25) is 43.5 Å². The number of hydrogen-bond acceptors (Lipinski definition) is 15. The first-order valence-corrected chi connectivity index (χ1v) is 37.8. The minimum atomic E-state index is -0.106. The van der Waals surface area contributed by atoms with Gasteiger partial charge in [-0.25, -0.2) is 0 Å². The van der Waals surface area contributed by atoms with Crippen LogP contribution < -0.4 is 46.6 Å². The maximum Gasteiger partial charge on any atom is 0.238 e. The molecule has 3 saturated heterocycles. The average molecular weight is 1520 g/mol. The summed E-state index contributed by atoms with van der Waals surface area (Å²) in [5, 5.41) is 17.4. The predicted octanol–water partition coefficient (Wildman–Crippen LogP) is 11.4. The predicted molar refractivity (Wildman–Crippen MR) is 418 cm³/mol. The van der Waals surface area contributed by atoms with Crippen LogP contribution in [0.1, 0.15) is 36.0 Å². The molecule has 0 atom stereocenters. The minimum Gasteiger partial charge on any atom is -0.379 e. The van der Waals surface area contributed by atoms with Crippen LogP contribution in [0.3, 0.4) is 0 Å². The van der Waals surface area contributed by atoms with Crippen molar-refractivity contribution in [1.29, 1.82) is 0 Å². The van der Waals surface area contributed by atoms with Gasteiger partial charge in [-0.2, -0.15) is 0 Å². The van der Waals surface area contributed by atoms with Crippen molar-refractivity contribution in [1.82, 2.24) is 14.7 Å². The molecule has 6 aromatic carbocycles. The molecule has 3 aliphatic rings. The first-order chi connectivity index (χ1) is 49.7. The van der Waals surface area contributed by atoms with Crippen LogP contribution in [0.5, 0.6) is 0 Å². The highest BCUT2D eigenvalue weighted by molar-refractivity contribution is 6.19. The zero-order valence-electron chi connectivity index (χ0n) is 57.8. The van der Waals surface area contributed by atoms with E-state index in [4.69, 9.17) is 83.8 Å². The van der Waals surface area contributed by atoms with E-state index in [0.717, 1.165) is 158 Å². The van der Waals surface area contributed by atoms with Crippen molar-refractivity contribution in [3.63, 3.8) is 0 Å². The maximum absolute atomic E-state index is 12.5. The zero-order chi connectivity index (χ0) is 72.5. The topological polar surface area (TPSA) is 222 Å². The first-order valence-electron chi connectivity index (χ1n) is 34.6. The summed E-state index contributed by atoms with van der Waals surface area (Å²) in [6.45, 7) is 15.7. The Balaban J connectivity index is 0.000000215. The van der Waals surface area contributed by atoms with Crippen LogP contribution in [-0.4, -0.2) is 223 Å². The van der Waals surface area contributed by atoms with Crippen LogP contribution in [0.4, 0.5) is 51.2 Å². The molecule has 0 unspecified atom stereocenters. The van der Waals surface area contributed by atoms with E-state index in [1.165, 1.54) is 0 Å². The summed E-state index contributed by atoms with van der Waals surface area (Å²) in [6.07, 6.45) is 2.54. The molecule has 6 N–H and O–H groups in total. The van der Waals surface area contributed by atoms with E-state index in [-0.39, 0.29) is 54.7 Å². The van der Waals surface area contributed by atoms with Gasteiger partial charge < -0.3 is 60.8 Å². The molecule has 0 bridgehead atoms. The third-order valence-corrected chi connectivity index (χ3v) is 17.7. The van der Waals surface area contributed by atoms with Gasteiger partial charge in [0.2, 0.25) is 35.4 Å². The van der Waals surface area contributed by atoms with Gasteiger partial charge in [-0.05, 0) is 139 Å². The van der Waals surface area contributed by atoms with Gasteiger partial charge in [0.05, 0.1) is 65.4 Å². The van der Waals surface area contributed by atoms with Crippen LogP contribution in [0, 0.1) is 0 Å². The van der Waals surface area contributed by atoms with Gasteiger partial charge in [0.25, 0.3) is 0 Å². The Morgan fingerprint density at radius 3 is 0.833 bits per heavy atom. The molecular weight excluding hydrogens is 1430 g/mol. The van der Waals surface area contributed by atoms with Crippen LogP contribution in [0.25, 0.3) is 0 Å². The summed E-state index contributed by atoms with van der Waals surface area (Å²) in [6, 6.07) is 45.0. The molecule has 552 valence electrons. The molecule has 6 amide bonds. The van der Waals surface area contributed by atoms with E-state index in [9.17, 15) is 28.8 Å². The molecule has 21 nitrogen and oxygen atoms in total. The lowest BCUT2D eigenvalue weighted by Crippen LogP contribution is -2.41. The smallest absolute Gasteiger partial charge is 0.238 e. The van der Waals surface area contributed by atoms with E-state index in [0.29, 0.717) is 102 Å². The zero-order valence-corrected chi connectivity index (χ0v) is 62.4. The lowest BCUT2D eigenvalue weighted by molar-refractivity contribution is -0.118. The number of nitrogens with one attached hydrogen (secondary N) is 6. The number of hydrogen-bond donors (Lipinski definition) is 6.